The summed E-state index contributed by atoms with van der Waals surface area (Å²) >= 11 is 0. The molecule has 6 nitrogen and oxygen atoms in total. The first kappa shape index (κ1) is 24.2. The number of amides is 1. The van der Waals surface area contributed by atoms with Crippen molar-refractivity contribution >= 4 is 5.91 Å². The first-order chi connectivity index (χ1) is 15.6. The zero-order chi connectivity index (χ0) is 22.6. The zero-order valence-electron chi connectivity index (χ0n) is 19.0. The summed E-state index contributed by atoms with van der Waals surface area (Å²) in [6, 6.07) is 8.44. The Balaban J connectivity index is 1.39. The molecule has 6 heteroatoms. The molecule has 0 radical (unpaired) electrons. The fraction of sp³-hybridized carbons (Fsp3) is 0.500. The third kappa shape index (κ3) is 8.26. The fourth-order valence-electron chi connectivity index (χ4n) is 4.31. The number of nitrogens with zero attached hydrogens (tertiary/aromatic N) is 1. The molecule has 2 unspecified atom stereocenters. The van der Waals surface area contributed by atoms with E-state index in [1.807, 2.05) is 18.2 Å². The molecule has 174 valence electrons. The van der Waals surface area contributed by atoms with Gasteiger partial charge < -0.3 is 20.5 Å². The molecule has 32 heavy (non-hydrogen) atoms. The summed E-state index contributed by atoms with van der Waals surface area (Å²) in [5.74, 6) is 1.11. The number of hydrogen-bond donors (Lipinski definition) is 3. The number of β-amino-alcohol motifs (C(OH)–C–C–N with tert-alkyl or cyclic N) is 1. The van der Waals surface area contributed by atoms with Crippen molar-refractivity contribution in [2.45, 2.75) is 38.3 Å². The van der Waals surface area contributed by atoms with Crippen LogP contribution >= 0.6 is 0 Å². The van der Waals surface area contributed by atoms with Gasteiger partial charge in [-0.3, -0.25) is 9.69 Å². The lowest BCUT2D eigenvalue weighted by atomic mass is 9.95. The van der Waals surface area contributed by atoms with E-state index in [1.54, 1.807) is 6.08 Å². The molecule has 0 aliphatic carbocycles. The minimum Gasteiger partial charge on any atom is -0.488 e. The van der Waals surface area contributed by atoms with Gasteiger partial charge in [0.15, 0.2) is 6.61 Å². The molecule has 1 fully saturated rings. The Morgan fingerprint density at radius 1 is 1.34 bits per heavy atom. The maximum atomic E-state index is 12.3. The Labute approximate surface area is 192 Å². The molecule has 0 bridgehead atoms. The van der Waals surface area contributed by atoms with Gasteiger partial charge in [0.2, 0.25) is 0 Å². The molecule has 0 saturated carbocycles. The van der Waals surface area contributed by atoms with Gasteiger partial charge in [-0.05, 0) is 55.5 Å². The SMILES string of the molecule is C=C/C=C\C=C(/CC1CCCNC1)OCC(=O)NCC(O)CN1CCc2ccccc2C1. The Bertz CT molecular complexity index is 799. The van der Waals surface area contributed by atoms with Crippen molar-refractivity contribution in [3.05, 3.63) is 72.0 Å². The highest BCUT2D eigenvalue weighted by Crippen LogP contribution is 2.20. The summed E-state index contributed by atoms with van der Waals surface area (Å²) in [6.45, 7) is 8.22. The lowest BCUT2D eigenvalue weighted by molar-refractivity contribution is -0.125. The van der Waals surface area contributed by atoms with E-state index in [9.17, 15) is 9.90 Å². The maximum absolute atomic E-state index is 12.3. The summed E-state index contributed by atoms with van der Waals surface area (Å²) < 4.78 is 5.82. The van der Waals surface area contributed by atoms with Crippen LogP contribution in [0.4, 0.5) is 0 Å². The summed E-state index contributed by atoms with van der Waals surface area (Å²) in [6.07, 6.45) is 10.9. The van der Waals surface area contributed by atoms with E-state index in [1.165, 1.54) is 17.5 Å². The number of ether oxygens (including phenoxy) is 1. The van der Waals surface area contributed by atoms with Crippen molar-refractivity contribution in [3.63, 3.8) is 0 Å². The summed E-state index contributed by atoms with van der Waals surface area (Å²) in [5.41, 5.74) is 2.71. The number of aliphatic hydroxyl groups excluding tert-OH is 1. The number of carbonyl (C=O) groups is 1. The second kappa shape index (κ2) is 13.2. The lowest BCUT2D eigenvalue weighted by Gasteiger charge is -2.30. The number of carbonyl (C=O) groups excluding carboxylic acids is 1. The summed E-state index contributed by atoms with van der Waals surface area (Å²) in [4.78, 5) is 14.5. The molecule has 1 saturated heterocycles. The molecule has 1 amide bonds. The van der Waals surface area contributed by atoms with Gasteiger partial charge in [-0.25, -0.2) is 0 Å². The molecule has 0 aromatic heterocycles. The third-order valence-corrected chi connectivity index (χ3v) is 6.02. The van der Waals surface area contributed by atoms with Gasteiger partial charge in [-0.1, -0.05) is 49.1 Å². The van der Waals surface area contributed by atoms with Crippen molar-refractivity contribution in [1.82, 2.24) is 15.5 Å². The van der Waals surface area contributed by atoms with Crippen molar-refractivity contribution in [2.75, 3.05) is 39.3 Å². The van der Waals surface area contributed by atoms with Crippen LogP contribution in [0.5, 0.6) is 0 Å². The standard InChI is InChI=1S/C26H37N3O3/c1-2-3-4-11-25(15-21-8-7-13-27-16-21)32-20-26(31)28-17-24(30)19-29-14-12-22-9-5-6-10-23(22)18-29/h2-6,9-11,21,24,27,30H,1,7-8,12-20H2,(H,28,31)/b4-3-,25-11+. The normalized spacial score (nSPS) is 20.5. The molecule has 1 aromatic rings. The monoisotopic (exact) mass is 439 g/mol. The van der Waals surface area contributed by atoms with Crippen LogP contribution in [0.15, 0.2) is 60.9 Å². The highest BCUT2D eigenvalue weighted by molar-refractivity contribution is 5.77. The molecule has 3 rings (SSSR count). The molecule has 1 aromatic carbocycles. The molecule has 0 spiro atoms. The molecule has 2 aliphatic heterocycles. The van der Waals surface area contributed by atoms with Crippen LogP contribution in [-0.4, -0.2) is 61.3 Å². The first-order valence-electron chi connectivity index (χ1n) is 11.7. The maximum Gasteiger partial charge on any atom is 0.258 e. The van der Waals surface area contributed by atoms with Crippen LogP contribution in [0, 0.1) is 5.92 Å². The average molecular weight is 440 g/mol. The van der Waals surface area contributed by atoms with Crippen LogP contribution in [-0.2, 0) is 22.5 Å². The number of hydrogen-bond acceptors (Lipinski definition) is 5. The van der Waals surface area contributed by atoms with E-state index < -0.39 is 6.10 Å². The van der Waals surface area contributed by atoms with E-state index in [2.05, 4.69) is 46.4 Å². The van der Waals surface area contributed by atoms with Gasteiger partial charge in [0.1, 0.15) is 0 Å². The van der Waals surface area contributed by atoms with Crippen LogP contribution in [0.25, 0.3) is 0 Å². The number of benzene rings is 1. The van der Waals surface area contributed by atoms with E-state index in [-0.39, 0.29) is 19.1 Å². The van der Waals surface area contributed by atoms with Gasteiger partial charge in [0.25, 0.3) is 5.91 Å². The third-order valence-electron chi connectivity index (χ3n) is 6.02. The smallest absolute Gasteiger partial charge is 0.258 e. The van der Waals surface area contributed by atoms with Crippen molar-refractivity contribution in [3.8, 4) is 0 Å². The Morgan fingerprint density at radius 3 is 2.97 bits per heavy atom. The fourth-order valence-corrected chi connectivity index (χ4v) is 4.31. The predicted octanol–water partition coefficient (Wildman–Crippen LogP) is 2.55. The summed E-state index contributed by atoms with van der Waals surface area (Å²) in [5, 5.41) is 16.6. The molecule has 3 N–H and O–H groups in total. The molecular formula is C26H37N3O3. The van der Waals surface area contributed by atoms with Crippen LogP contribution in [0.1, 0.15) is 30.4 Å². The van der Waals surface area contributed by atoms with Crippen molar-refractivity contribution in [1.29, 1.82) is 0 Å². The van der Waals surface area contributed by atoms with E-state index >= 15 is 0 Å². The van der Waals surface area contributed by atoms with Gasteiger partial charge in [-0.15, -0.1) is 0 Å². The highest BCUT2D eigenvalue weighted by atomic mass is 16.5. The quantitative estimate of drug-likeness (QED) is 0.365. The van der Waals surface area contributed by atoms with Gasteiger partial charge >= 0.3 is 0 Å². The van der Waals surface area contributed by atoms with Crippen LogP contribution in [0.2, 0.25) is 0 Å². The van der Waals surface area contributed by atoms with Crippen LogP contribution < -0.4 is 10.6 Å². The molecule has 2 heterocycles. The number of piperidine rings is 1. The van der Waals surface area contributed by atoms with Crippen molar-refractivity contribution in [2.24, 2.45) is 5.92 Å². The number of nitrogens with one attached hydrogen (secondary N) is 2. The first-order valence-corrected chi connectivity index (χ1v) is 11.7. The van der Waals surface area contributed by atoms with E-state index in [0.717, 1.165) is 51.2 Å². The number of fused-ring (bicyclic) bond motifs is 1. The van der Waals surface area contributed by atoms with Gasteiger partial charge in [-0.2, -0.15) is 0 Å². The minimum atomic E-state index is -0.608. The molecule has 2 atom stereocenters. The number of rotatable bonds is 11. The highest BCUT2D eigenvalue weighted by Gasteiger charge is 2.19. The largest absolute Gasteiger partial charge is 0.488 e. The lowest BCUT2D eigenvalue weighted by Crippen LogP contribution is -2.42. The Kier molecular flexibility index (Phi) is 10.0. The second-order valence-electron chi connectivity index (χ2n) is 8.67. The summed E-state index contributed by atoms with van der Waals surface area (Å²) in [7, 11) is 0. The minimum absolute atomic E-state index is 0.0439. The van der Waals surface area contributed by atoms with Gasteiger partial charge in [0.05, 0.1) is 11.9 Å². The Morgan fingerprint density at radius 2 is 2.19 bits per heavy atom. The van der Waals surface area contributed by atoms with E-state index in [0.29, 0.717) is 12.5 Å². The topological polar surface area (TPSA) is 73.8 Å². The number of allylic oxidation sites excluding steroid dienone is 5. The van der Waals surface area contributed by atoms with Crippen LogP contribution in [0.3, 0.4) is 0 Å². The van der Waals surface area contributed by atoms with Crippen molar-refractivity contribution < 1.29 is 14.6 Å². The Hall–Kier alpha value is -2.41. The molecular weight excluding hydrogens is 402 g/mol. The van der Waals surface area contributed by atoms with Gasteiger partial charge in [0, 0.05) is 32.6 Å². The predicted molar refractivity (Wildman–Crippen MR) is 128 cm³/mol. The number of aliphatic hydroxyl groups is 1. The van der Waals surface area contributed by atoms with E-state index in [4.69, 9.17) is 4.74 Å². The second-order valence-corrected chi connectivity index (χ2v) is 8.67. The average Bonchev–Trinajstić information content (AvgIpc) is 2.82. The molecule has 2 aliphatic rings. The zero-order valence-corrected chi connectivity index (χ0v) is 19.0.